The quantitative estimate of drug-likeness (QED) is 0.673. The summed E-state index contributed by atoms with van der Waals surface area (Å²) in [6, 6.07) is 7.28. The summed E-state index contributed by atoms with van der Waals surface area (Å²) in [6.45, 7) is 1.57. The molecule has 152 valence electrons. The van der Waals surface area contributed by atoms with E-state index in [1.807, 2.05) is 0 Å². The molecular weight excluding hydrogens is 404 g/mol. The number of hydrogen-bond acceptors (Lipinski definition) is 4. The minimum atomic E-state index is -4.84. The van der Waals surface area contributed by atoms with E-state index in [4.69, 9.17) is 0 Å². The lowest BCUT2D eigenvalue weighted by atomic mass is 10.2. The van der Waals surface area contributed by atoms with Crippen LogP contribution in [0.25, 0.3) is 0 Å². The van der Waals surface area contributed by atoms with Crippen molar-refractivity contribution >= 4 is 21.6 Å². The van der Waals surface area contributed by atoms with Crippen molar-refractivity contribution in [2.45, 2.75) is 30.6 Å². The zero-order chi connectivity index (χ0) is 20.9. The minimum absolute atomic E-state index is 0.0987. The lowest BCUT2D eigenvalue weighted by Crippen LogP contribution is -2.43. The number of sulfonamides is 1. The van der Waals surface area contributed by atoms with Gasteiger partial charge >= 0.3 is 6.36 Å². The molecule has 0 saturated heterocycles. The lowest BCUT2D eigenvalue weighted by molar-refractivity contribution is -0.274. The van der Waals surface area contributed by atoms with E-state index in [2.05, 4.69) is 14.8 Å². The zero-order valence-corrected chi connectivity index (χ0v) is 15.3. The van der Waals surface area contributed by atoms with Gasteiger partial charge in [0, 0.05) is 5.69 Å². The molecule has 0 spiro atoms. The highest BCUT2D eigenvalue weighted by molar-refractivity contribution is 7.89. The summed E-state index contributed by atoms with van der Waals surface area (Å²) >= 11 is 0. The summed E-state index contributed by atoms with van der Waals surface area (Å²) in [7, 11) is -4.08. The molecule has 0 bridgehead atoms. The molecule has 1 atom stereocenters. The molecule has 0 aromatic heterocycles. The standard InChI is InChI=1S/C17H16F4N2O4S/c1-2-15(23-28(25,26)14-9-3-11(18)4-10-14)16(24)22-12-5-7-13(8-6-12)27-17(19,20)21/h3-10,15,23H,2H2,1H3,(H,22,24). The molecule has 0 radical (unpaired) electrons. The van der Waals surface area contributed by atoms with Crippen LogP contribution in [-0.4, -0.2) is 26.7 Å². The molecule has 2 rings (SSSR count). The van der Waals surface area contributed by atoms with Gasteiger partial charge in [0.05, 0.1) is 4.90 Å². The number of halogens is 4. The fraction of sp³-hybridized carbons (Fsp3) is 0.235. The van der Waals surface area contributed by atoms with E-state index in [-0.39, 0.29) is 17.0 Å². The van der Waals surface area contributed by atoms with Crippen LogP contribution < -0.4 is 14.8 Å². The number of benzene rings is 2. The van der Waals surface area contributed by atoms with Crippen molar-refractivity contribution in [2.75, 3.05) is 5.32 Å². The van der Waals surface area contributed by atoms with Crippen LogP contribution in [0.15, 0.2) is 53.4 Å². The highest BCUT2D eigenvalue weighted by Gasteiger charge is 2.31. The monoisotopic (exact) mass is 420 g/mol. The first kappa shape index (κ1) is 21.6. The van der Waals surface area contributed by atoms with Gasteiger partial charge in [0.15, 0.2) is 0 Å². The number of anilines is 1. The van der Waals surface area contributed by atoms with Gasteiger partial charge in [-0.1, -0.05) is 6.92 Å². The predicted octanol–water partition coefficient (Wildman–Crippen LogP) is 3.42. The van der Waals surface area contributed by atoms with Gasteiger partial charge in [-0.25, -0.2) is 12.8 Å². The highest BCUT2D eigenvalue weighted by Crippen LogP contribution is 2.24. The summed E-state index contributed by atoms with van der Waals surface area (Å²) in [5.41, 5.74) is 0.152. The number of hydrogen-bond donors (Lipinski definition) is 2. The molecule has 1 amide bonds. The van der Waals surface area contributed by atoms with Crippen LogP contribution in [0, 0.1) is 5.82 Å². The first-order valence-corrected chi connectivity index (χ1v) is 9.43. The Hall–Kier alpha value is -2.66. The van der Waals surface area contributed by atoms with E-state index in [0.717, 1.165) is 36.4 Å². The second-order valence-electron chi connectivity index (χ2n) is 5.60. The van der Waals surface area contributed by atoms with Gasteiger partial charge in [-0.15, -0.1) is 13.2 Å². The topological polar surface area (TPSA) is 84.5 Å². The summed E-state index contributed by atoms with van der Waals surface area (Å²) in [5.74, 6) is -1.78. The summed E-state index contributed by atoms with van der Waals surface area (Å²) < 4.78 is 79.9. The Morgan fingerprint density at radius 1 is 1.07 bits per heavy atom. The first-order chi connectivity index (χ1) is 13.0. The number of carbonyl (C=O) groups excluding carboxylic acids is 1. The van der Waals surface area contributed by atoms with E-state index >= 15 is 0 Å². The maximum Gasteiger partial charge on any atom is 0.573 e. The fourth-order valence-electron chi connectivity index (χ4n) is 2.16. The van der Waals surface area contributed by atoms with E-state index in [0.29, 0.717) is 0 Å². The maximum absolute atomic E-state index is 12.9. The molecule has 0 saturated carbocycles. The molecule has 0 aliphatic carbocycles. The largest absolute Gasteiger partial charge is 0.573 e. The smallest absolute Gasteiger partial charge is 0.406 e. The van der Waals surface area contributed by atoms with Gasteiger partial charge < -0.3 is 10.1 Å². The summed E-state index contributed by atoms with van der Waals surface area (Å²) in [4.78, 5) is 12.1. The molecule has 0 fully saturated rings. The molecule has 11 heteroatoms. The van der Waals surface area contributed by atoms with E-state index in [1.165, 1.54) is 12.1 Å². The fourth-order valence-corrected chi connectivity index (χ4v) is 3.44. The number of carbonyl (C=O) groups is 1. The normalized spacial score (nSPS) is 13.0. The molecule has 6 nitrogen and oxygen atoms in total. The van der Waals surface area contributed by atoms with Crippen LogP contribution >= 0.6 is 0 Å². The number of ether oxygens (including phenoxy) is 1. The third-order valence-electron chi connectivity index (χ3n) is 3.50. The van der Waals surface area contributed by atoms with Crippen LogP contribution in [0.4, 0.5) is 23.2 Å². The number of rotatable bonds is 7. The van der Waals surface area contributed by atoms with Crippen LogP contribution in [0.3, 0.4) is 0 Å². The Labute approximate surface area is 158 Å². The van der Waals surface area contributed by atoms with Gasteiger partial charge in [-0.2, -0.15) is 4.72 Å². The van der Waals surface area contributed by atoms with Crippen molar-refractivity contribution in [3.8, 4) is 5.75 Å². The molecule has 28 heavy (non-hydrogen) atoms. The third kappa shape index (κ3) is 6.20. The van der Waals surface area contributed by atoms with Crippen LogP contribution in [0.1, 0.15) is 13.3 Å². The van der Waals surface area contributed by atoms with Crippen molar-refractivity contribution in [1.29, 1.82) is 0 Å². The van der Waals surface area contributed by atoms with E-state index in [1.54, 1.807) is 6.92 Å². The summed E-state index contributed by atoms with van der Waals surface area (Å²) in [6.07, 6.45) is -4.74. The van der Waals surface area contributed by atoms with E-state index in [9.17, 15) is 30.8 Å². The van der Waals surface area contributed by atoms with Crippen LogP contribution in [-0.2, 0) is 14.8 Å². The van der Waals surface area contributed by atoms with Crippen molar-refractivity contribution in [1.82, 2.24) is 4.72 Å². The SMILES string of the molecule is CCC(NS(=O)(=O)c1ccc(F)cc1)C(=O)Nc1ccc(OC(F)(F)F)cc1. The van der Waals surface area contributed by atoms with Gasteiger partial charge in [0.1, 0.15) is 17.6 Å². The van der Waals surface area contributed by atoms with E-state index < -0.39 is 39.9 Å². The molecule has 0 heterocycles. The summed E-state index contributed by atoms with van der Waals surface area (Å²) in [5, 5.41) is 2.40. The predicted molar refractivity (Wildman–Crippen MR) is 92.6 cm³/mol. The van der Waals surface area contributed by atoms with Crippen LogP contribution in [0.5, 0.6) is 5.75 Å². The number of nitrogens with one attached hydrogen (secondary N) is 2. The first-order valence-electron chi connectivity index (χ1n) is 7.95. The molecule has 0 aliphatic rings. The molecular formula is C17H16F4N2O4S. The van der Waals surface area contributed by atoms with Crippen molar-refractivity contribution in [2.24, 2.45) is 0 Å². The van der Waals surface area contributed by atoms with Crippen molar-refractivity contribution in [3.63, 3.8) is 0 Å². The number of amides is 1. The highest BCUT2D eigenvalue weighted by atomic mass is 32.2. The second-order valence-corrected chi connectivity index (χ2v) is 7.31. The Morgan fingerprint density at radius 3 is 2.14 bits per heavy atom. The Bertz CT molecular complexity index is 914. The molecule has 2 aromatic carbocycles. The van der Waals surface area contributed by atoms with Gasteiger partial charge in [0.25, 0.3) is 0 Å². The van der Waals surface area contributed by atoms with Gasteiger partial charge in [-0.3, -0.25) is 4.79 Å². The Balaban J connectivity index is 2.06. The average molecular weight is 420 g/mol. The number of alkyl halides is 3. The average Bonchev–Trinajstić information content (AvgIpc) is 2.60. The van der Waals surface area contributed by atoms with Crippen molar-refractivity contribution < 1.29 is 35.5 Å². The van der Waals surface area contributed by atoms with Crippen LogP contribution in [0.2, 0.25) is 0 Å². The molecule has 2 N–H and O–H groups in total. The van der Waals surface area contributed by atoms with Crippen molar-refractivity contribution in [3.05, 3.63) is 54.3 Å². The molecule has 0 aliphatic heterocycles. The Kier molecular flexibility index (Phi) is 6.62. The zero-order valence-electron chi connectivity index (χ0n) is 14.5. The molecule has 2 aromatic rings. The van der Waals surface area contributed by atoms with Gasteiger partial charge in [0.2, 0.25) is 15.9 Å². The third-order valence-corrected chi connectivity index (χ3v) is 4.99. The minimum Gasteiger partial charge on any atom is -0.406 e. The molecule has 1 unspecified atom stereocenters. The maximum atomic E-state index is 12.9. The van der Waals surface area contributed by atoms with Gasteiger partial charge in [-0.05, 0) is 55.0 Å². The Morgan fingerprint density at radius 2 is 1.64 bits per heavy atom. The second kappa shape index (κ2) is 8.57. The lowest BCUT2D eigenvalue weighted by Gasteiger charge is -2.17.